The molecule has 3 N–H and O–H groups in total. The number of ether oxygens (including phenoxy) is 1. The van der Waals surface area contributed by atoms with Gasteiger partial charge in [0.05, 0.1) is 29.2 Å². The van der Waals surface area contributed by atoms with E-state index in [2.05, 4.69) is 16.8 Å². The summed E-state index contributed by atoms with van der Waals surface area (Å²) in [7, 11) is -1.98. The van der Waals surface area contributed by atoms with Crippen LogP contribution in [0.15, 0.2) is 34.1 Å². The lowest BCUT2D eigenvalue weighted by atomic mass is 10.1. The smallest absolute Gasteiger partial charge is 0.275 e. The quantitative estimate of drug-likeness (QED) is 0.228. The van der Waals surface area contributed by atoms with Crippen LogP contribution in [-0.4, -0.2) is 83.3 Å². The highest BCUT2D eigenvalue weighted by Gasteiger charge is 2.29. The Balaban J connectivity index is 1.70. The van der Waals surface area contributed by atoms with Crippen molar-refractivity contribution in [1.82, 2.24) is 29.4 Å². The molecule has 3 aromatic rings. The van der Waals surface area contributed by atoms with Crippen molar-refractivity contribution in [2.24, 2.45) is 7.05 Å². The van der Waals surface area contributed by atoms with Crippen LogP contribution in [0.1, 0.15) is 32.3 Å². The van der Waals surface area contributed by atoms with Gasteiger partial charge in [0.15, 0.2) is 0 Å². The van der Waals surface area contributed by atoms with Crippen molar-refractivity contribution in [3.63, 3.8) is 0 Å². The van der Waals surface area contributed by atoms with Gasteiger partial charge in [0.1, 0.15) is 17.1 Å². The van der Waals surface area contributed by atoms with Crippen LogP contribution in [0.4, 0.5) is 0 Å². The van der Waals surface area contributed by atoms with Gasteiger partial charge in [-0.25, -0.2) is 13.4 Å². The zero-order chi connectivity index (χ0) is 27.3. The van der Waals surface area contributed by atoms with E-state index in [-0.39, 0.29) is 22.9 Å². The van der Waals surface area contributed by atoms with Crippen LogP contribution in [-0.2, 0) is 28.3 Å². The number of aromatic amines is 1. The molecule has 0 radical (unpaired) electrons. The van der Waals surface area contributed by atoms with Gasteiger partial charge in [-0.05, 0) is 36.6 Å². The first-order chi connectivity index (χ1) is 18.3. The molecule has 0 atom stereocenters. The first-order valence-electron chi connectivity index (χ1n) is 12.9. The zero-order valence-electron chi connectivity index (χ0n) is 22.1. The monoisotopic (exact) mass is 548 g/mol. The van der Waals surface area contributed by atoms with Gasteiger partial charge in [-0.15, -0.1) is 0 Å². The summed E-state index contributed by atoms with van der Waals surface area (Å²) in [6, 6.07) is 4.72. The van der Waals surface area contributed by atoms with Crippen LogP contribution in [0.3, 0.4) is 0 Å². The van der Waals surface area contributed by atoms with E-state index in [1.165, 1.54) is 4.31 Å². The molecule has 38 heavy (non-hydrogen) atoms. The Morgan fingerprint density at radius 2 is 1.89 bits per heavy atom. The second kappa shape index (κ2) is 12.4. The molecular formula is C25H36N6O6S. The molecule has 3 heterocycles. The number of piperazine rings is 1. The van der Waals surface area contributed by atoms with Crippen LogP contribution < -0.4 is 15.9 Å². The first kappa shape index (κ1) is 28.2. The molecule has 1 aliphatic rings. The lowest BCUT2D eigenvalue weighted by Gasteiger charge is -2.33. The van der Waals surface area contributed by atoms with Crippen molar-refractivity contribution in [3.8, 4) is 17.1 Å². The lowest BCUT2D eigenvalue weighted by molar-refractivity contribution is -0.130. The molecule has 1 aromatic carbocycles. The highest BCUT2D eigenvalue weighted by atomic mass is 32.2. The van der Waals surface area contributed by atoms with E-state index < -0.39 is 10.0 Å². The number of rotatable bonds is 12. The number of aryl methyl sites for hydroxylation is 2. The molecule has 0 amide bonds. The highest BCUT2D eigenvalue weighted by Crippen LogP contribution is 2.32. The molecule has 0 saturated carbocycles. The summed E-state index contributed by atoms with van der Waals surface area (Å²) in [5.41, 5.74) is 3.85. The van der Waals surface area contributed by atoms with Gasteiger partial charge in [0, 0.05) is 46.0 Å². The third-order valence-electron chi connectivity index (χ3n) is 6.63. The fourth-order valence-corrected chi connectivity index (χ4v) is 6.16. The Kier molecular flexibility index (Phi) is 9.18. The molecular weight excluding hydrogens is 512 g/mol. The fraction of sp³-hybridized carbons (Fsp3) is 0.520. The number of hydrogen-bond acceptors (Lipinski definition) is 9. The molecule has 1 aliphatic heterocycles. The Bertz CT molecular complexity index is 1410. The third-order valence-corrected chi connectivity index (χ3v) is 8.53. The van der Waals surface area contributed by atoms with E-state index in [4.69, 9.17) is 19.8 Å². The second-order valence-electron chi connectivity index (χ2n) is 9.32. The number of nitrogens with zero attached hydrogens (tertiary/aromatic N) is 4. The summed E-state index contributed by atoms with van der Waals surface area (Å²) < 4.78 is 36.3. The predicted octanol–water partition coefficient (Wildman–Crippen LogP) is 1.89. The van der Waals surface area contributed by atoms with Crippen LogP contribution >= 0.6 is 0 Å². The maximum atomic E-state index is 13.6. The molecule has 1 saturated heterocycles. The lowest BCUT2D eigenvalue weighted by Crippen LogP contribution is -2.49. The summed E-state index contributed by atoms with van der Waals surface area (Å²) in [4.78, 5) is 27.6. The summed E-state index contributed by atoms with van der Waals surface area (Å²) in [6.45, 7) is 7.06. The standard InChI is InChI=1S/C25H36N6O6S/c1-4-6-18-17-29(3)23-22(18)26-24(27-25(23)32)20-16-19(7-8-21(20)36-14-5-2)38(34,35)31-11-9-30(10-12-31)13-15-37-28-33/h7-8,16-17,28,33H,4-6,9-15H2,1-3H3,(H,26,27,32). The van der Waals surface area contributed by atoms with Crippen molar-refractivity contribution in [2.75, 3.05) is 45.9 Å². The molecule has 4 rings (SSSR count). The van der Waals surface area contributed by atoms with Crippen LogP contribution in [0.25, 0.3) is 22.4 Å². The fourth-order valence-electron chi connectivity index (χ4n) is 4.71. The van der Waals surface area contributed by atoms with Gasteiger partial charge in [-0.1, -0.05) is 25.9 Å². The topological polar surface area (TPSA) is 142 Å². The predicted molar refractivity (Wildman–Crippen MR) is 143 cm³/mol. The highest BCUT2D eigenvalue weighted by molar-refractivity contribution is 7.89. The van der Waals surface area contributed by atoms with Crippen LogP contribution in [0.5, 0.6) is 5.75 Å². The van der Waals surface area contributed by atoms with Gasteiger partial charge < -0.3 is 14.3 Å². The Labute approximate surface area is 222 Å². The maximum Gasteiger partial charge on any atom is 0.275 e. The molecule has 0 bridgehead atoms. The zero-order valence-corrected chi connectivity index (χ0v) is 22.9. The summed E-state index contributed by atoms with van der Waals surface area (Å²) in [5, 5.41) is 8.54. The molecule has 13 heteroatoms. The van der Waals surface area contributed by atoms with Gasteiger partial charge in [0.25, 0.3) is 5.56 Å². The summed E-state index contributed by atoms with van der Waals surface area (Å²) in [6.07, 6.45) is 4.36. The number of nitrogens with one attached hydrogen (secondary N) is 2. The summed E-state index contributed by atoms with van der Waals surface area (Å²) in [5.74, 6) is 0.736. The van der Waals surface area contributed by atoms with E-state index in [0.717, 1.165) is 24.8 Å². The number of fused-ring (bicyclic) bond motifs is 1. The summed E-state index contributed by atoms with van der Waals surface area (Å²) >= 11 is 0. The number of H-pyrrole nitrogens is 1. The Morgan fingerprint density at radius 1 is 1.13 bits per heavy atom. The van der Waals surface area contributed by atoms with Crippen molar-refractivity contribution < 1.29 is 23.2 Å². The number of aromatic nitrogens is 3. The normalized spacial score (nSPS) is 15.4. The maximum absolute atomic E-state index is 13.6. The van der Waals surface area contributed by atoms with E-state index in [0.29, 0.717) is 61.7 Å². The largest absolute Gasteiger partial charge is 0.493 e. The van der Waals surface area contributed by atoms with E-state index in [1.807, 2.05) is 20.2 Å². The molecule has 0 spiro atoms. The average molecular weight is 549 g/mol. The minimum absolute atomic E-state index is 0.113. The number of hydrogen-bond donors (Lipinski definition) is 3. The van der Waals surface area contributed by atoms with Crippen molar-refractivity contribution in [1.29, 1.82) is 0 Å². The third kappa shape index (κ3) is 5.92. The van der Waals surface area contributed by atoms with Crippen LogP contribution in [0.2, 0.25) is 0 Å². The molecule has 208 valence electrons. The first-order valence-corrected chi connectivity index (χ1v) is 14.3. The van der Waals surface area contributed by atoms with Crippen molar-refractivity contribution in [2.45, 2.75) is 38.0 Å². The SMILES string of the molecule is CCCOc1ccc(S(=O)(=O)N2CCN(CCONO)CC2)cc1-c1nc2c(CCC)cn(C)c2c(=O)[nH]1. The molecule has 2 aromatic heterocycles. The second-order valence-corrected chi connectivity index (χ2v) is 11.3. The van der Waals surface area contributed by atoms with Crippen molar-refractivity contribution in [3.05, 3.63) is 40.3 Å². The minimum Gasteiger partial charge on any atom is -0.493 e. The van der Waals surface area contributed by atoms with Gasteiger partial charge in [0.2, 0.25) is 10.0 Å². The molecule has 1 fully saturated rings. The Morgan fingerprint density at radius 3 is 2.58 bits per heavy atom. The Hall–Kier alpha value is -2.81. The number of benzene rings is 1. The van der Waals surface area contributed by atoms with Gasteiger partial charge >= 0.3 is 0 Å². The molecule has 0 unspecified atom stereocenters. The molecule has 0 aliphatic carbocycles. The van der Waals surface area contributed by atoms with E-state index >= 15 is 0 Å². The molecule has 12 nitrogen and oxygen atoms in total. The number of sulfonamides is 1. The van der Waals surface area contributed by atoms with Crippen molar-refractivity contribution >= 4 is 21.1 Å². The minimum atomic E-state index is -3.80. The average Bonchev–Trinajstić information content (AvgIpc) is 3.23. The van der Waals surface area contributed by atoms with Gasteiger partial charge in [-0.3, -0.25) is 19.7 Å². The van der Waals surface area contributed by atoms with E-state index in [1.54, 1.807) is 28.4 Å². The van der Waals surface area contributed by atoms with E-state index in [9.17, 15) is 13.2 Å². The van der Waals surface area contributed by atoms with Gasteiger partial charge in [-0.2, -0.15) is 4.31 Å². The van der Waals surface area contributed by atoms with Crippen LogP contribution in [0, 0.1) is 0 Å².